The number of likely N-dealkylation sites (N-methyl/N-ethyl adjacent to an activating group) is 1. The molecule has 0 spiro atoms. The van der Waals surface area contributed by atoms with Crippen LogP contribution in [0.4, 0.5) is 0 Å². The molecular weight excluding hydrogens is 294 g/mol. The van der Waals surface area contributed by atoms with Crippen molar-refractivity contribution in [3.05, 3.63) is 28.8 Å². The molecule has 1 aromatic rings. The van der Waals surface area contributed by atoms with Crippen LogP contribution >= 0.6 is 0 Å². The van der Waals surface area contributed by atoms with Gasteiger partial charge in [0.1, 0.15) is 11.9 Å². The maximum atomic E-state index is 12.3. The zero-order valence-corrected chi connectivity index (χ0v) is 15.1. The third-order valence-corrected chi connectivity index (χ3v) is 3.67. The number of nitrogens with zero attached hydrogens (tertiary/aromatic N) is 1. The molecule has 0 aliphatic rings. The molecule has 1 atom stereocenters. The highest BCUT2D eigenvalue weighted by Gasteiger charge is 2.18. The molecule has 0 bridgehead atoms. The summed E-state index contributed by atoms with van der Waals surface area (Å²) >= 11 is 0. The Bertz CT molecular complexity index is 493. The van der Waals surface area contributed by atoms with E-state index in [9.17, 15) is 4.79 Å². The highest BCUT2D eigenvalue weighted by atomic mass is 16.5. The lowest BCUT2D eigenvalue weighted by Crippen LogP contribution is -2.36. The molecule has 0 unspecified atom stereocenters. The van der Waals surface area contributed by atoms with Crippen molar-refractivity contribution >= 4 is 5.91 Å². The van der Waals surface area contributed by atoms with E-state index in [1.54, 1.807) is 26.0 Å². The fourth-order valence-corrected chi connectivity index (χ4v) is 2.61. The first-order valence-electron chi connectivity index (χ1n) is 7.99. The van der Waals surface area contributed by atoms with Crippen LogP contribution < -0.4 is 4.74 Å². The fourth-order valence-electron chi connectivity index (χ4n) is 2.61. The van der Waals surface area contributed by atoms with Gasteiger partial charge in [-0.3, -0.25) is 4.79 Å². The SMILES string of the molecule is CCOCCO[C@H](C)C(=O)N(C)Cc1cc(C)c(OC)c(C)c1. The van der Waals surface area contributed by atoms with Gasteiger partial charge in [-0.15, -0.1) is 0 Å². The van der Waals surface area contributed by atoms with Gasteiger partial charge in [0.05, 0.1) is 20.3 Å². The first-order chi connectivity index (χ1) is 10.9. The third kappa shape index (κ3) is 5.84. The standard InChI is InChI=1S/C18H29NO4/c1-7-22-8-9-23-15(4)18(20)19(5)12-16-10-13(2)17(21-6)14(3)11-16/h10-11,15H,7-9,12H2,1-6H3/t15-/m1/s1. The minimum Gasteiger partial charge on any atom is -0.496 e. The van der Waals surface area contributed by atoms with Gasteiger partial charge in [0.25, 0.3) is 5.91 Å². The average molecular weight is 323 g/mol. The van der Waals surface area contributed by atoms with Crippen LogP contribution in [0.3, 0.4) is 0 Å². The van der Waals surface area contributed by atoms with Crippen molar-refractivity contribution in [3.8, 4) is 5.75 Å². The van der Waals surface area contributed by atoms with Crippen molar-refractivity contribution in [1.82, 2.24) is 4.90 Å². The summed E-state index contributed by atoms with van der Waals surface area (Å²) in [5.74, 6) is 0.864. The summed E-state index contributed by atoms with van der Waals surface area (Å²) < 4.78 is 16.1. The van der Waals surface area contributed by atoms with Crippen LogP contribution in [0.1, 0.15) is 30.5 Å². The molecule has 0 N–H and O–H groups in total. The molecule has 0 saturated heterocycles. The Balaban J connectivity index is 2.61. The maximum Gasteiger partial charge on any atom is 0.251 e. The smallest absolute Gasteiger partial charge is 0.251 e. The molecule has 1 amide bonds. The zero-order valence-electron chi connectivity index (χ0n) is 15.1. The molecule has 0 radical (unpaired) electrons. The first-order valence-corrected chi connectivity index (χ1v) is 7.99. The molecule has 0 aliphatic carbocycles. The van der Waals surface area contributed by atoms with Crippen molar-refractivity contribution in [2.24, 2.45) is 0 Å². The summed E-state index contributed by atoms with van der Waals surface area (Å²) in [5.41, 5.74) is 3.23. The van der Waals surface area contributed by atoms with E-state index >= 15 is 0 Å². The number of ether oxygens (including phenoxy) is 3. The largest absolute Gasteiger partial charge is 0.496 e. The van der Waals surface area contributed by atoms with Crippen molar-refractivity contribution in [2.45, 2.75) is 40.3 Å². The second kappa shape index (κ2) is 9.53. The molecule has 0 fully saturated rings. The van der Waals surface area contributed by atoms with E-state index in [1.807, 2.05) is 20.8 Å². The predicted octanol–water partition coefficient (Wildman–Crippen LogP) is 2.71. The Hall–Kier alpha value is -1.59. The van der Waals surface area contributed by atoms with Crippen LogP contribution in [0.25, 0.3) is 0 Å². The van der Waals surface area contributed by atoms with Gasteiger partial charge in [-0.1, -0.05) is 12.1 Å². The second-order valence-corrected chi connectivity index (χ2v) is 5.67. The summed E-state index contributed by atoms with van der Waals surface area (Å²) in [7, 11) is 3.46. The van der Waals surface area contributed by atoms with Gasteiger partial charge in [0.15, 0.2) is 0 Å². The number of carbonyl (C=O) groups is 1. The third-order valence-electron chi connectivity index (χ3n) is 3.67. The minimum atomic E-state index is -0.471. The number of amides is 1. The minimum absolute atomic E-state index is 0.0346. The second-order valence-electron chi connectivity index (χ2n) is 5.67. The Labute approximate surface area is 139 Å². The Morgan fingerprint density at radius 3 is 2.35 bits per heavy atom. The molecule has 0 heterocycles. The number of rotatable bonds is 9. The van der Waals surface area contributed by atoms with Gasteiger partial charge < -0.3 is 19.1 Å². The van der Waals surface area contributed by atoms with Crippen molar-refractivity contribution in [3.63, 3.8) is 0 Å². The Kier molecular flexibility index (Phi) is 8.06. The lowest BCUT2D eigenvalue weighted by atomic mass is 10.1. The first kappa shape index (κ1) is 19.5. The Morgan fingerprint density at radius 2 is 1.83 bits per heavy atom. The van der Waals surface area contributed by atoms with Crippen LogP contribution in [0.15, 0.2) is 12.1 Å². The van der Waals surface area contributed by atoms with Crippen molar-refractivity contribution in [1.29, 1.82) is 0 Å². The van der Waals surface area contributed by atoms with E-state index in [2.05, 4.69) is 12.1 Å². The average Bonchev–Trinajstić information content (AvgIpc) is 2.50. The monoisotopic (exact) mass is 323 g/mol. The van der Waals surface area contributed by atoms with Crippen LogP contribution in [-0.2, 0) is 20.8 Å². The molecule has 5 nitrogen and oxygen atoms in total. The molecule has 23 heavy (non-hydrogen) atoms. The fraction of sp³-hybridized carbons (Fsp3) is 0.611. The van der Waals surface area contributed by atoms with E-state index in [0.717, 1.165) is 22.4 Å². The summed E-state index contributed by atoms with van der Waals surface area (Å²) in [6.45, 7) is 9.86. The molecule has 1 aromatic carbocycles. The van der Waals surface area contributed by atoms with E-state index in [-0.39, 0.29) is 5.91 Å². The van der Waals surface area contributed by atoms with Crippen LogP contribution in [0.2, 0.25) is 0 Å². The van der Waals surface area contributed by atoms with E-state index < -0.39 is 6.10 Å². The molecular formula is C18H29NO4. The summed E-state index contributed by atoms with van der Waals surface area (Å²) in [6.07, 6.45) is -0.471. The number of aryl methyl sites for hydroxylation is 2. The van der Waals surface area contributed by atoms with Gasteiger partial charge in [0.2, 0.25) is 0 Å². The molecule has 5 heteroatoms. The molecule has 0 aliphatic heterocycles. The van der Waals surface area contributed by atoms with Gasteiger partial charge in [0, 0.05) is 20.2 Å². The number of hydrogen-bond acceptors (Lipinski definition) is 4. The van der Waals surface area contributed by atoms with E-state index in [1.165, 1.54) is 0 Å². The van der Waals surface area contributed by atoms with E-state index in [0.29, 0.717) is 26.4 Å². The normalized spacial score (nSPS) is 12.1. The lowest BCUT2D eigenvalue weighted by molar-refractivity contribution is -0.142. The van der Waals surface area contributed by atoms with Crippen molar-refractivity contribution in [2.75, 3.05) is 34.0 Å². The summed E-state index contributed by atoms with van der Waals surface area (Å²) in [6, 6.07) is 4.10. The zero-order chi connectivity index (χ0) is 17.4. The maximum absolute atomic E-state index is 12.3. The Morgan fingerprint density at radius 1 is 1.22 bits per heavy atom. The lowest BCUT2D eigenvalue weighted by Gasteiger charge is -2.22. The highest BCUT2D eigenvalue weighted by Crippen LogP contribution is 2.24. The molecule has 1 rings (SSSR count). The highest BCUT2D eigenvalue weighted by molar-refractivity contribution is 5.80. The topological polar surface area (TPSA) is 48.0 Å². The van der Waals surface area contributed by atoms with Gasteiger partial charge in [-0.05, 0) is 44.4 Å². The summed E-state index contributed by atoms with van der Waals surface area (Å²) in [4.78, 5) is 14.0. The number of methoxy groups -OCH3 is 1. The number of hydrogen-bond donors (Lipinski definition) is 0. The predicted molar refractivity (Wildman–Crippen MR) is 90.8 cm³/mol. The quantitative estimate of drug-likeness (QED) is 0.656. The van der Waals surface area contributed by atoms with E-state index in [4.69, 9.17) is 14.2 Å². The molecule has 130 valence electrons. The molecule has 0 saturated carbocycles. The van der Waals surface area contributed by atoms with Gasteiger partial charge in [-0.25, -0.2) is 0 Å². The summed E-state index contributed by atoms with van der Waals surface area (Å²) in [5, 5.41) is 0. The number of carbonyl (C=O) groups excluding carboxylic acids is 1. The number of benzene rings is 1. The van der Waals surface area contributed by atoms with Crippen LogP contribution in [0, 0.1) is 13.8 Å². The van der Waals surface area contributed by atoms with Gasteiger partial charge >= 0.3 is 0 Å². The van der Waals surface area contributed by atoms with Crippen LogP contribution in [-0.4, -0.2) is 50.9 Å². The molecule has 0 aromatic heterocycles. The van der Waals surface area contributed by atoms with Gasteiger partial charge in [-0.2, -0.15) is 0 Å². The van der Waals surface area contributed by atoms with Crippen LogP contribution in [0.5, 0.6) is 5.75 Å². The van der Waals surface area contributed by atoms with Crippen molar-refractivity contribution < 1.29 is 19.0 Å².